The predicted octanol–water partition coefficient (Wildman–Crippen LogP) is 16.0. The molecule has 0 aliphatic heterocycles. The fourth-order valence-corrected chi connectivity index (χ4v) is 8.12. The Morgan fingerprint density at radius 1 is 0.417 bits per heavy atom. The van der Waals surface area contributed by atoms with E-state index in [2.05, 4.69) is 182 Å². The van der Waals surface area contributed by atoms with Gasteiger partial charge >= 0.3 is 26.6 Å². The molecule has 8 heterocycles. The Bertz CT molecular complexity index is 3380. The summed E-state index contributed by atoms with van der Waals surface area (Å²) in [5.41, 5.74) is -0.290. The van der Waals surface area contributed by atoms with Gasteiger partial charge in [-0.15, -0.1) is 0 Å². The molecule has 96 heavy (non-hydrogen) atoms. The zero-order valence-corrected chi connectivity index (χ0v) is 57.9. The molecule has 12 rings (SSSR count). The number of halogens is 3. The quantitative estimate of drug-likeness (QED) is 0.0424. The van der Waals surface area contributed by atoms with E-state index in [0.29, 0.717) is 46.5 Å². The molecule has 25 heteroatoms. The Morgan fingerprint density at radius 2 is 0.573 bits per heavy atom. The molecule has 0 radical (unpaired) electrons. The zero-order valence-electron chi connectivity index (χ0n) is 52.1. The Morgan fingerprint density at radius 3 is 0.677 bits per heavy atom. The van der Waals surface area contributed by atoms with Crippen LogP contribution in [0.25, 0.3) is 21.3 Å². The van der Waals surface area contributed by atoms with E-state index >= 15 is 0 Å². The molecule has 0 saturated carbocycles. The second kappa shape index (κ2) is 47.7. The SMILES string of the molecule is CC#N.C[CH-]OCC.O=S(=O)([O-])C(F)(F)F.[Mo+4].[O-2].[W].c1ccc([B-](c2ccccc2)(c2ccccc2)c2ccccc2)cc1.c1ccc([N-]c2ccccn2)nc1.c1ccc([N-]c2ccccn2)nc1.c1ccc([N-]c2ccccn2)nc1.c1ccc([N-]c2ccccn2)nc1. The molecule has 0 amide bonds. The molecule has 4 aromatic carbocycles. The molecule has 0 spiro atoms. The average Bonchev–Trinajstić information content (AvgIpc) is 0.742. The molecule has 0 atom stereocenters. The van der Waals surface area contributed by atoms with Gasteiger partial charge in [0.25, 0.3) is 0 Å². The van der Waals surface area contributed by atoms with Crippen molar-refractivity contribution >= 4 is 84.7 Å². The molecule has 18 nitrogen and oxygen atoms in total. The Balaban J connectivity index is 0.000000393. The van der Waals surface area contributed by atoms with Crippen LogP contribution in [0.5, 0.6) is 0 Å². The van der Waals surface area contributed by atoms with Crippen LogP contribution in [-0.4, -0.2) is 71.1 Å². The zero-order chi connectivity index (χ0) is 66.5. The van der Waals surface area contributed by atoms with Gasteiger partial charge in [-0.25, -0.2) is 15.0 Å². The van der Waals surface area contributed by atoms with Crippen LogP contribution < -0.4 is 21.9 Å². The summed E-state index contributed by atoms with van der Waals surface area (Å²) >= 11 is 0. The minimum Gasteiger partial charge on any atom is -2.00 e. The molecular formula is C71H64BF3MoN13O5SW-5. The van der Waals surface area contributed by atoms with Gasteiger partial charge in [0, 0.05) is 81.1 Å². The molecule has 0 aliphatic rings. The number of rotatable bonds is 14. The number of ether oxygens (including phenoxy) is 1. The molecule has 0 bridgehead atoms. The number of nitriles is 1. The summed E-state index contributed by atoms with van der Waals surface area (Å²) in [5, 5.41) is 24.2. The summed E-state index contributed by atoms with van der Waals surface area (Å²) in [6.45, 7) is 7.72. The van der Waals surface area contributed by atoms with Crippen LogP contribution in [0.2, 0.25) is 0 Å². The first-order valence-electron chi connectivity index (χ1n) is 28.6. The van der Waals surface area contributed by atoms with Crippen molar-refractivity contribution in [3.63, 3.8) is 0 Å². The fourth-order valence-electron chi connectivity index (χ4n) is 8.12. The van der Waals surface area contributed by atoms with Gasteiger partial charge in [-0.05, 0) is 105 Å². The third-order valence-corrected chi connectivity index (χ3v) is 12.5. The predicted molar refractivity (Wildman–Crippen MR) is 364 cm³/mol. The summed E-state index contributed by atoms with van der Waals surface area (Å²) in [7, 11) is -6.09. The Kier molecular flexibility index (Phi) is 40.7. The van der Waals surface area contributed by atoms with E-state index in [1.165, 1.54) is 28.8 Å². The van der Waals surface area contributed by atoms with Crippen molar-refractivity contribution in [2.45, 2.75) is 26.3 Å². The number of hydrogen-bond donors (Lipinski definition) is 0. The van der Waals surface area contributed by atoms with Crippen LogP contribution >= 0.6 is 0 Å². The first-order valence-corrected chi connectivity index (χ1v) is 30.0. The smallest absolute Gasteiger partial charge is 2.00 e. The molecule has 490 valence electrons. The molecule has 8 aromatic heterocycles. The molecule has 0 aliphatic carbocycles. The topological polar surface area (TPSA) is 278 Å². The normalized spacial score (nSPS) is 9.77. The van der Waals surface area contributed by atoms with Crippen molar-refractivity contribution in [2.24, 2.45) is 0 Å². The van der Waals surface area contributed by atoms with Gasteiger partial charge in [-0.3, -0.25) is 0 Å². The van der Waals surface area contributed by atoms with Gasteiger partial charge < -0.3 is 75.9 Å². The van der Waals surface area contributed by atoms with Crippen LogP contribution in [-0.2, 0) is 62.5 Å². The maximum Gasteiger partial charge on any atom is 4.00 e. The second-order valence-electron chi connectivity index (χ2n) is 18.3. The number of benzene rings is 4. The van der Waals surface area contributed by atoms with Crippen molar-refractivity contribution in [2.75, 3.05) is 6.61 Å². The van der Waals surface area contributed by atoms with Crippen molar-refractivity contribution in [1.82, 2.24) is 39.9 Å². The summed E-state index contributed by atoms with van der Waals surface area (Å²) < 4.78 is 63.6. The van der Waals surface area contributed by atoms with Gasteiger partial charge in [0.1, 0.15) is 6.15 Å². The van der Waals surface area contributed by atoms with E-state index in [4.69, 9.17) is 23.0 Å². The summed E-state index contributed by atoms with van der Waals surface area (Å²) in [4.78, 5) is 32.5. The van der Waals surface area contributed by atoms with Crippen molar-refractivity contribution in [3.8, 4) is 6.07 Å². The van der Waals surface area contributed by atoms with Gasteiger partial charge in [0.2, 0.25) is 0 Å². The number of hydrogen-bond acceptors (Lipinski definition) is 13. The van der Waals surface area contributed by atoms with Gasteiger partial charge in [-0.2, -0.15) is 47.2 Å². The maximum absolute atomic E-state index is 10.7. The van der Waals surface area contributed by atoms with Crippen molar-refractivity contribution < 1.29 is 78.5 Å². The van der Waals surface area contributed by atoms with E-state index < -0.39 is 21.8 Å². The Hall–Kier alpha value is -10.2. The standard InChI is InChI=1S/C24H20B.4C10H8N3.C4H9O.C2H3N.CHF3O3S.Mo.O.W/c1-5-13-21(14-6-1)25(22-15-7-2-8-16-22,23-17-9-3-10-18-23)24-19-11-4-12-20-24;4*1-3-7-11-9(5-1)13-10-6-2-4-8-12-10;1-3-5-4-2;1-2-3;2-1(3,4)8(5,6)7;;;/h1-20H;4*1-8H;3H,4H2,1-2H3;1H3;(H,5,6,7);;;/q6*-1;;;+4;-2;/p-1. The number of aromatic nitrogens is 8. The fraction of sp³-hybridized carbons (Fsp3) is 0.0704. The Labute approximate surface area is 587 Å². The van der Waals surface area contributed by atoms with E-state index in [1.54, 1.807) is 62.3 Å². The van der Waals surface area contributed by atoms with Crippen LogP contribution in [0, 0.1) is 17.9 Å². The van der Waals surface area contributed by atoms with E-state index in [0.717, 1.165) is 6.61 Å². The van der Waals surface area contributed by atoms with Gasteiger partial charge in [0.05, 0.1) is 6.07 Å². The molecular weight excluding hydrogens is 1490 g/mol. The minimum atomic E-state index is -6.09. The van der Waals surface area contributed by atoms with Crippen LogP contribution in [0.4, 0.5) is 59.7 Å². The monoisotopic (exact) mass is 1560 g/mol. The number of alkyl halides is 3. The van der Waals surface area contributed by atoms with Crippen molar-refractivity contribution in [1.29, 1.82) is 5.26 Å². The molecule has 0 saturated heterocycles. The first kappa shape index (κ1) is 81.9. The molecule has 0 N–H and O–H groups in total. The van der Waals surface area contributed by atoms with Crippen molar-refractivity contribution in [3.05, 3.63) is 344 Å². The van der Waals surface area contributed by atoms with Gasteiger partial charge in [-0.1, -0.05) is 218 Å². The number of nitrogens with zero attached hydrogens (tertiary/aromatic N) is 13. The third kappa shape index (κ3) is 30.7. The summed E-state index contributed by atoms with van der Waals surface area (Å²) in [6, 6.07) is 90.1. The molecule has 12 aromatic rings. The van der Waals surface area contributed by atoms with E-state index in [9.17, 15) is 13.2 Å². The molecule has 0 fully saturated rings. The maximum atomic E-state index is 10.7. The molecule has 0 unspecified atom stereocenters. The third-order valence-electron chi connectivity index (χ3n) is 11.9. The summed E-state index contributed by atoms with van der Waals surface area (Å²) in [6.07, 6.45) is 12.5. The van der Waals surface area contributed by atoms with Crippen LogP contribution in [0.15, 0.2) is 316 Å². The van der Waals surface area contributed by atoms with E-state index in [-0.39, 0.29) is 47.6 Å². The first-order chi connectivity index (χ1) is 45.3. The van der Waals surface area contributed by atoms with Gasteiger partial charge in [0.15, 0.2) is 10.1 Å². The number of pyridine rings is 8. The summed E-state index contributed by atoms with van der Waals surface area (Å²) in [5.74, 6) is 5.45. The minimum absolute atomic E-state index is 0. The average molecular weight is 1560 g/mol. The van der Waals surface area contributed by atoms with Crippen LogP contribution in [0.3, 0.4) is 0 Å². The second-order valence-corrected chi connectivity index (χ2v) is 19.6. The van der Waals surface area contributed by atoms with Crippen LogP contribution in [0.1, 0.15) is 20.8 Å². The largest absolute Gasteiger partial charge is 4.00 e. The van der Waals surface area contributed by atoms with E-state index in [1.807, 2.05) is 159 Å².